The van der Waals surface area contributed by atoms with Crippen molar-refractivity contribution < 1.29 is 27.6 Å². The molecule has 1 unspecified atom stereocenters. The van der Waals surface area contributed by atoms with Crippen molar-refractivity contribution in [1.82, 2.24) is 9.78 Å². The molecule has 0 aromatic carbocycles. The molecule has 7 nitrogen and oxygen atoms in total. The van der Waals surface area contributed by atoms with Gasteiger partial charge in [0.1, 0.15) is 0 Å². The summed E-state index contributed by atoms with van der Waals surface area (Å²) in [5, 5.41) is 14.0. The topological polar surface area (TPSA) is 79.4 Å². The van der Waals surface area contributed by atoms with Crippen molar-refractivity contribution in [2.75, 3.05) is 19.8 Å². The van der Waals surface area contributed by atoms with Crippen LogP contribution >= 0.6 is 0 Å². The van der Waals surface area contributed by atoms with Gasteiger partial charge in [0.25, 0.3) is 5.88 Å². The van der Waals surface area contributed by atoms with Crippen LogP contribution in [0.15, 0.2) is 0 Å². The summed E-state index contributed by atoms with van der Waals surface area (Å²) in [6.07, 6.45) is -4.20. The van der Waals surface area contributed by atoms with Crippen molar-refractivity contribution in [3.63, 3.8) is 0 Å². The van der Waals surface area contributed by atoms with Crippen molar-refractivity contribution in [1.29, 1.82) is 0 Å². The second-order valence-electron chi connectivity index (χ2n) is 4.42. The quantitative estimate of drug-likeness (QED) is 0.624. The number of aromatic nitrogens is 2. The first-order chi connectivity index (χ1) is 9.30. The zero-order valence-electron chi connectivity index (χ0n) is 10.5. The molecule has 0 amide bonds. The largest absolute Gasteiger partial charge is 0.473 e. The van der Waals surface area contributed by atoms with Gasteiger partial charge < -0.3 is 9.47 Å². The molecule has 1 atom stereocenters. The van der Waals surface area contributed by atoms with Crippen molar-refractivity contribution in [3.05, 3.63) is 15.8 Å². The summed E-state index contributed by atoms with van der Waals surface area (Å²) in [6.45, 7) is 1.03. The van der Waals surface area contributed by atoms with E-state index < -0.39 is 28.4 Å². The molecule has 1 fully saturated rings. The number of alkyl halides is 3. The Kier molecular flexibility index (Phi) is 3.84. The minimum absolute atomic E-state index is 0.0128. The lowest BCUT2D eigenvalue weighted by Crippen LogP contribution is -2.14. The molecule has 1 aromatic rings. The number of hydrogen-bond donors (Lipinski definition) is 0. The highest BCUT2D eigenvalue weighted by Crippen LogP contribution is 2.40. The van der Waals surface area contributed by atoms with Gasteiger partial charge in [0.2, 0.25) is 5.69 Å². The monoisotopic (exact) mass is 295 g/mol. The zero-order valence-corrected chi connectivity index (χ0v) is 10.5. The van der Waals surface area contributed by atoms with Crippen LogP contribution in [0.4, 0.5) is 18.9 Å². The third-order valence-electron chi connectivity index (χ3n) is 2.90. The number of hydrogen-bond acceptors (Lipinski definition) is 5. The van der Waals surface area contributed by atoms with E-state index in [-0.39, 0.29) is 12.5 Å². The Bertz CT molecular complexity index is 509. The summed E-state index contributed by atoms with van der Waals surface area (Å²) in [5.74, 6) is -0.479. The maximum Gasteiger partial charge on any atom is 0.442 e. The molecule has 0 aliphatic carbocycles. The third-order valence-corrected chi connectivity index (χ3v) is 2.90. The Labute approximate surface area is 111 Å². The molecule has 2 heterocycles. The van der Waals surface area contributed by atoms with E-state index >= 15 is 0 Å². The molecule has 2 rings (SSSR count). The maximum atomic E-state index is 12.7. The number of nitrogens with zero attached hydrogens (tertiary/aromatic N) is 3. The van der Waals surface area contributed by atoms with Crippen molar-refractivity contribution >= 4 is 5.69 Å². The Morgan fingerprint density at radius 3 is 2.80 bits per heavy atom. The van der Waals surface area contributed by atoms with Crippen molar-refractivity contribution in [2.24, 2.45) is 13.0 Å². The van der Waals surface area contributed by atoms with Gasteiger partial charge in [0, 0.05) is 19.6 Å². The Morgan fingerprint density at radius 1 is 1.60 bits per heavy atom. The van der Waals surface area contributed by atoms with E-state index in [4.69, 9.17) is 9.47 Å². The van der Waals surface area contributed by atoms with Crippen LogP contribution in [0.2, 0.25) is 0 Å². The normalized spacial score (nSPS) is 19.3. The molecular weight excluding hydrogens is 283 g/mol. The van der Waals surface area contributed by atoms with Crippen LogP contribution in [-0.4, -0.2) is 34.5 Å². The van der Waals surface area contributed by atoms with Crippen LogP contribution in [0.5, 0.6) is 5.88 Å². The molecule has 0 radical (unpaired) electrons. The highest BCUT2D eigenvalue weighted by atomic mass is 19.4. The lowest BCUT2D eigenvalue weighted by atomic mass is 10.1. The average molecular weight is 295 g/mol. The Balaban J connectivity index is 2.26. The molecule has 0 bridgehead atoms. The van der Waals surface area contributed by atoms with E-state index in [2.05, 4.69) is 5.10 Å². The van der Waals surface area contributed by atoms with Gasteiger partial charge in [0.05, 0.1) is 18.1 Å². The van der Waals surface area contributed by atoms with Gasteiger partial charge in [-0.1, -0.05) is 0 Å². The van der Waals surface area contributed by atoms with E-state index in [9.17, 15) is 23.3 Å². The Morgan fingerprint density at radius 2 is 2.30 bits per heavy atom. The summed E-state index contributed by atoms with van der Waals surface area (Å²) >= 11 is 0. The molecule has 1 aliphatic heterocycles. The van der Waals surface area contributed by atoms with Crippen LogP contribution in [0.25, 0.3) is 0 Å². The van der Waals surface area contributed by atoms with Crippen molar-refractivity contribution in [3.8, 4) is 5.88 Å². The lowest BCUT2D eigenvalue weighted by molar-refractivity contribution is -0.389. The first-order valence-corrected chi connectivity index (χ1v) is 5.80. The molecule has 1 saturated heterocycles. The van der Waals surface area contributed by atoms with Gasteiger partial charge >= 0.3 is 11.9 Å². The number of halogens is 3. The van der Waals surface area contributed by atoms with E-state index in [1.54, 1.807) is 0 Å². The van der Waals surface area contributed by atoms with Gasteiger partial charge in [-0.15, -0.1) is 0 Å². The van der Waals surface area contributed by atoms with E-state index in [0.29, 0.717) is 19.6 Å². The number of ether oxygens (including phenoxy) is 2. The highest BCUT2D eigenvalue weighted by molar-refractivity contribution is 5.47. The van der Waals surface area contributed by atoms with Gasteiger partial charge in [-0.3, -0.25) is 10.1 Å². The van der Waals surface area contributed by atoms with Crippen LogP contribution in [-0.2, 0) is 18.0 Å². The fourth-order valence-corrected chi connectivity index (χ4v) is 1.93. The standard InChI is InChI=1S/C10H12F3N3O4/c1-15-9(20-5-6-2-3-19-4-6)7(16(17)18)8(14-15)10(11,12)13/h6H,2-5H2,1H3. The molecule has 0 spiro atoms. The maximum absolute atomic E-state index is 12.7. The molecule has 10 heteroatoms. The predicted octanol–water partition coefficient (Wildman–Crippen LogP) is 1.76. The first kappa shape index (κ1) is 14.6. The average Bonchev–Trinajstić information content (AvgIpc) is 2.92. The van der Waals surface area contributed by atoms with Gasteiger partial charge in [0.15, 0.2) is 0 Å². The summed E-state index contributed by atoms with van der Waals surface area (Å²) in [4.78, 5) is 9.72. The fraction of sp³-hybridized carbons (Fsp3) is 0.700. The summed E-state index contributed by atoms with van der Waals surface area (Å²) in [6, 6.07) is 0. The number of nitro groups is 1. The zero-order chi connectivity index (χ0) is 14.9. The number of rotatable bonds is 4. The summed E-state index contributed by atoms with van der Waals surface area (Å²) in [5.41, 5.74) is -2.71. The smallest absolute Gasteiger partial charge is 0.442 e. The lowest BCUT2D eigenvalue weighted by Gasteiger charge is -2.09. The van der Waals surface area contributed by atoms with Gasteiger partial charge in [-0.2, -0.15) is 18.3 Å². The summed E-state index contributed by atoms with van der Waals surface area (Å²) in [7, 11) is 1.17. The summed E-state index contributed by atoms with van der Waals surface area (Å²) < 4.78 is 49.1. The molecule has 20 heavy (non-hydrogen) atoms. The minimum Gasteiger partial charge on any atom is -0.473 e. The molecular formula is C10H12F3N3O4. The molecule has 0 saturated carbocycles. The third kappa shape index (κ3) is 2.84. The van der Waals surface area contributed by atoms with E-state index in [1.807, 2.05) is 0 Å². The van der Waals surface area contributed by atoms with Gasteiger partial charge in [-0.05, 0) is 6.42 Å². The SMILES string of the molecule is Cn1nc(C(F)(F)F)c([N+](=O)[O-])c1OCC1CCOC1. The fourth-order valence-electron chi connectivity index (χ4n) is 1.93. The Hall–Kier alpha value is -1.84. The second-order valence-corrected chi connectivity index (χ2v) is 4.42. The molecule has 0 N–H and O–H groups in total. The van der Waals surface area contributed by atoms with E-state index in [0.717, 1.165) is 4.68 Å². The predicted molar refractivity (Wildman–Crippen MR) is 59.3 cm³/mol. The van der Waals surface area contributed by atoms with Crippen LogP contribution in [0, 0.1) is 16.0 Å². The second kappa shape index (κ2) is 5.27. The minimum atomic E-state index is -4.90. The van der Waals surface area contributed by atoms with E-state index in [1.165, 1.54) is 7.05 Å². The first-order valence-electron chi connectivity index (χ1n) is 5.80. The van der Waals surface area contributed by atoms with Gasteiger partial charge in [-0.25, -0.2) is 4.68 Å². The number of aryl methyl sites for hydroxylation is 1. The van der Waals surface area contributed by atoms with Crippen LogP contribution < -0.4 is 4.74 Å². The van der Waals surface area contributed by atoms with Crippen LogP contribution in [0.3, 0.4) is 0 Å². The molecule has 1 aromatic heterocycles. The van der Waals surface area contributed by atoms with Crippen molar-refractivity contribution in [2.45, 2.75) is 12.6 Å². The highest BCUT2D eigenvalue weighted by Gasteiger charge is 2.45. The molecule has 112 valence electrons. The molecule has 1 aliphatic rings. The van der Waals surface area contributed by atoms with Crippen LogP contribution in [0.1, 0.15) is 12.1 Å².